The summed E-state index contributed by atoms with van der Waals surface area (Å²) in [5.41, 5.74) is 0.00821. The first-order chi connectivity index (χ1) is 9.73. The van der Waals surface area contributed by atoms with Crippen molar-refractivity contribution in [2.75, 3.05) is 19.6 Å². The van der Waals surface area contributed by atoms with Crippen molar-refractivity contribution in [2.45, 2.75) is 70.8 Å². The summed E-state index contributed by atoms with van der Waals surface area (Å²) in [6.07, 6.45) is 10.9. The number of piperidine rings is 1. The van der Waals surface area contributed by atoms with E-state index in [2.05, 4.69) is 17.1 Å². The molecule has 1 saturated heterocycles. The molecule has 3 rings (SSSR count). The van der Waals surface area contributed by atoms with E-state index in [-0.39, 0.29) is 17.8 Å². The lowest BCUT2D eigenvalue weighted by atomic mass is 9.81. The van der Waals surface area contributed by atoms with Gasteiger partial charge in [0.1, 0.15) is 0 Å². The van der Waals surface area contributed by atoms with E-state index in [4.69, 9.17) is 0 Å². The van der Waals surface area contributed by atoms with Crippen LogP contribution in [0.25, 0.3) is 0 Å². The van der Waals surface area contributed by atoms with Crippen LogP contribution in [0.15, 0.2) is 0 Å². The van der Waals surface area contributed by atoms with Crippen LogP contribution in [0.3, 0.4) is 0 Å². The van der Waals surface area contributed by atoms with Gasteiger partial charge in [-0.2, -0.15) is 0 Å². The van der Waals surface area contributed by atoms with Crippen molar-refractivity contribution in [3.8, 4) is 0 Å². The number of nitrogens with one attached hydrogen (secondary N) is 1. The van der Waals surface area contributed by atoms with Crippen LogP contribution in [0.1, 0.15) is 64.7 Å². The Labute approximate surface area is 135 Å². The molecule has 0 atom stereocenters. The third kappa shape index (κ3) is 3.92. The molecule has 1 amide bonds. The molecule has 3 aliphatic rings. The zero-order chi connectivity index (χ0) is 14.0. The summed E-state index contributed by atoms with van der Waals surface area (Å²) in [5.74, 6) is 1.43. The van der Waals surface area contributed by atoms with Gasteiger partial charge in [0.25, 0.3) is 0 Å². The standard InChI is InChI=1S/C17H30N2O.ClH/c1-2-17(9-3-4-10-17)16(20)19-11-7-15(8-12-19)18-13-14-5-6-14;/h14-15,18H,2-13H2,1H3;1H. The van der Waals surface area contributed by atoms with Crippen molar-refractivity contribution in [3.63, 3.8) is 0 Å². The summed E-state index contributed by atoms with van der Waals surface area (Å²) >= 11 is 0. The van der Waals surface area contributed by atoms with Crippen molar-refractivity contribution < 1.29 is 4.79 Å². The molecule has 4 heteroatoms. The number of likely N-dealkylation sites (tertiary alicyclic amines) is 1. The van der Waals surface area contributed by atoms with E-state index in [0.29, 0.717) is 11.9 Å². The minimum Gasteiger partial charge on any atom is -0.342 e. The summed E-state index contributed by atoms with van der Waals surface area (Å²) in [6.45, 7) is 5.36. The highest BCUT2D eigenvalue weighted by Gasteiger charge is 2.42. The van der Waals surface area contributed by atoms with Crippen molar-refractivity contribution >= 4 is 18.3 Å². The number of rotatable bonds is 5. The van der Waals surface area contributed by atoms with Crippen LogP contribution in [0.5, 0.6) is 0 Å². The predicted octanol–water partition coefficient (Wildman–Crippen LogP) is 3.37. The number of carbonyl (C=O) groups is 1. The van der Waals surface area contributed by atoms with E-state index >= 15 is 0 Å². The molecular weight excluding hydrogens is 284 g/mol. The molecule has 21 heavy (non-hydrogen) atoms. The van der Waals surface area contributed by atoms with E-state index in [1.807, 2.05) is 0 Å². The molecule has 1 aliphatic heterocycles. The minimum atomic E-state index is 0. The Kier molecular flexibility index (Phi) is 5.96. The molecule has 1 heterocycles. The molecule has 1 N–H and O–H groups in total. The van der Waals surface area contributed by atoms with E-state index in [0.717, 1.165) is 51.1 Å². The molecule has 2 aliphatic carbocycles. The zero-order valence-electron chi connectivity index (χ0n) is 13.4. The van der Waals surface area contributed by atoms with Gasteiger partial charge in [0.05, 0.1) is 0 Å². The van der Waals surface area contributed by atoms with Gasteiger partial charge in [0.15, 0.2) is 0 Å². The average Bonchev–Trinajstić information content (AvgIpc) is 3.20. The molecule has 0 aromatic carbocycles. The fourth-order valence-electron chi connectivity index (χ4n) is 4.05. The normalized spacial score (nSPS) is 25.7. The minimum absolute atomic E-state index is 0. The fraction of sp³-hybridized carbons (Fsp3) is 0.941. The Bertz CT molecular complexity index is 343. The maximum Gasteiger partial charge on any atom is 0.228 e. The number of carbonyl (C=O) groups excluding carboxylic acids is 1. The van der Waals surface area contributed by atoms with Crippen LogP contribution in [-0.4, -0.2) is 36.5 Å². The first-order valence-electron chi connectivity index (χ1n) is 8.76. The monoisotopic (exact) mass is 314 g/mol. The SMILES string of the molecule is CCC1(C(=O)N2CCC(NCC3CC3)CC2)CCCC1.Cl. The topological polar surface area (TPSA) is 32.3 Å². The fourth-order valence-corrected chi connectivity index (χ4v) is 4.05. The summed E-state index contributed by atoms with van der Waals surface area (Å²) in [7, 11) is 0. The van der Waals surface area contributed by atoms with Crippen LogP contribution in [0.2, 0.25) is 0 Å². The lowest BCUT2D eigenvalue weighted by Gasteiger charge is -2.38. The van der Waals surface area contributed by atoms with Gasteiger partial charge in [-0.15, -0.1) is 12.4 Å². The van der Waals surface area contributed by atoms with Crippen molar-refractivity contribution in [1.82, 2.24) is 10.2 Å². The Hall–Kier alpha value is -0.280. The third-order valence-electron chi connectivity index (χ3n) is 5.87. The van der Waals surface area contributed by atoms with Gasteiger partial charge in [-0.1, -0.05) is 19.8 Å². The summed E-state index contributed by atoms with van der Waals surface area (Å²) in [4.78, 5) is 15.0. The maximum absolute atomic E-state index is 12.8. The second kappa shape index (κ2) is 7.32. The number of hydrogen-bond acceptors (Lipinski definition) is 2. The van der Waals surface area contributed by atoms with Crippen molar-refractivity contribution in [1.29, 1.82) is 0 Å². The lowest BCUT2D eigenvalue weighted by Crippen LogP contribution is -2.49. The smallest absolute Gasteiger partial charge is 0.228 e. The molecule has 2 saturated carbocycles. The van der Waals surface area contributed by atoms with Gasteiger partial charge < -0.3 is 10.2 Å². The van der Waals surface area contributed by atoms with Gasteiger partial charge in [-0.25, -0.2) is 0 Å². The van der Waals surface area contributed by atoms with E-state index in [9.17, 15) is 4.79 Å². The molecule has 0 unspecified atom stereocenters. The van der Waals surface area contributed by atoms with Crippen LogP contribution in [-0.2, 0) is 4.79 Å². The molecule has 0 aromatic heterocycles. The predicted molar refractivity (Wildman–Crippen MR) is 88.8 cm³/mol. The maximum atomic E-state index is 12.8. The van der Waals surface area contributed by atoms with Crippen LogP contribution < -0.4 is 5.32 Å². The average molecular weight is 315 g/mol. The second-order valence-corrected chi connectivity index (χ2v) is 7.26. The van der Waals surface area contributed by atoms with Gasteiger partial charge in [0, 0.05) is 24.5 Å². The summed E-state index contributed by atoms with van der Waals surface area (Å²) < 4.78 is 0. The Morgan fingerprint density at radius 2 is 1.76 bits per heavy atom. The molecule has 3 nitrogen and oxygen atoms in total. The second-order valence-electron chi connectivity index (χ2n) is 7.26. The molecular formula is C17H31ClN2O. The molecule has 0 radical (unpaired) electrons. The summed E-state index contributed by atoms with van der Waals surface area (Å²) in [6, 6.07) is 0.654. The number of hydrogen-bond donors (Lipinski definition) is 1. The summed E-state index contributed by atoms with van der Waals surface area (Å²) in [5, 5.41) is 3.70. The Balaban J connectivity index is 0.00000161. The third-order valence-corrected chi connectivity index (χ3v) is 5.87. The molecule has 0 spiro atoms. The van der Waals surface area contributed by atoms with E-state index < -0.39 is 0 Å². The van der Waals surface area contributed by atoms with Gasteiger partial charge in [-0.3, -0.25) is 4.79 Å². The van der Waals surface area contributed by atoms with Gasteiger partial charge in [-0.05, 0) is 57.4 Å². The first kappa shape index (κ1) is 17.1. The molecule has 0 aromatic rings. The van der Waals surface area contributed by atoms with Gasteiger partial charge >= 0.3 is 0 Å². The number of amides is 1. The molecule has 122 valence electrons. The molecule has 0 bridgehead atoms. The van der Waals surface area contributed by atoms with Crippen LogP contribution >= 0.6 is 12.4 Å². The quantitative estimate of drug-likeness (QED) is 0.844. The number of nitrogens with zero attached hydrogens (tertiary/aromatic N) is 1. The highest BCUT2D eigenvalue weighted by Crippen LogP contribution is 2.42. The first-order valence-corrected chi connectivity index (χ1v) is 8.76. The van der Waals surface area contributed by atoms with Crippen molar-refractivity contribution in [2.24, 2.45) is 11.3 Å². The zero-order valence-corrected chi connectivity index (χ0v) is 14.2. The number of halogens is 1. The molecule has 3 fully saturated rings. The van der Waals surface area contributed by atoms with E-state index in [1.54, 1.807) is 0 Å². The van der Waals surface area contributed by atoms with E-state index in [1.165, 1.54) is 32.2 Å². The largest absolute Gasteiger partial charge is 0.342 e. The Morgan fingerprint density at radius 1 is 1.14 bits per heavy atom. The highest BCUT2D eigenvalue weighted by molar-refractivity contribution is 5.85. The van der Waals surface area contributed by atoms with Gasteiger partial charge in [0.2, 0.25) is 5.91 Å². The van der Waals surface area contributed by atoms with Crippen LogP contribution in [0.4, 0.5) is 0 Å². The lowest BCUT2D eigenvalue weighted by molar-refractivity contribution is -0.143. The van der Waals surface area contributed by atoms with Crippen LogP contribution in [0, 0.1) is 11.3 Å². The van der Waals surface area contributed by atoms with Crippen molar-refractivity contribution in [3.05, 3.63) is 0 Å². The highest BCUT2D eigenvalue weighted by atomic mass is 35.5. The Morgan fingerprint density at radius 3 is 2.29 bits per heavy atom.